The molecule has 0 atom stereocenters. The number of benzene rings is 2. The van der Waals surface area contributed by atoms with Crippen LogP contribution in [0, 0.1) is 0 Å². The number of hydrogen-bond acceptors (Lipinski definition) is 6. The molecule has 2 aromatic carbocycles. The molecule has 4 rings (SSSR count). The molecular formula is C22H28N6. The molecule has 1 aromatic heterocycles. The van der Waals surface area contributed by atoms with Gasteiger partial charge in [-0.2, -0.15) is 0 Å². The summed E-state index contributed by atoms with van der Waals surface area (Å²) in [4.78, 5) is 16.4. The maximum atomic E-state index is 4.78. The highest BCUT2D eigenvalue weighted by atomic mass is 15.2. The molecule has 1 N–H and O–H groups in total. The second-order valence-corrected chi connectivity index (χ2v) is 7.71. The third-order valence-corrected chi connectivity index (χ3v) is 5.11. The van der Waals surface area contributed by atoms with Crippen LogP contribution in [0.4, 0.5) is 17.2 Å². The van der Waals surface area contributed by atoms with E-state index in [0.29, 0.717) is 6.54 Å². The zero-order valence-electron chi connectivity index (χ0n) is 16.9. The largest absolute Gasteiger partial charge is 0.369 e. The third kappa shape index (κ3) is 4.24. The number of hydrogen-bond donors (Lipinski definition) is 1. The molecule has 0 aliphatic carbocycles. The van der Waals surface area contributed by atoms with Gasteiger partial charge >= 0.3 is 0 Å². The molecule has 0 saturated carbocycles. The lowest BCUT2D eigenvalue weighted by atomic mass is 10.2. The Balaban J connectivity index is 1.57. The van der Waals surface area contributed by atoms with Gasteiger partial charge in [0.2, 0.25) is 0 Å². The predicted molar refractivity (Wildman–Crippen MR) is 116 cm³/mol. The van der Waals surface area contributed by atoms with E-state index >= 15 is 0 Å². The van der Waals surface area contributed by atoms with E-state index in [1.807, 2.05) is 32.3 Å². The second kappa shape index (κ2) is 8.12. The summed E-state index contributed by atoms with van der Waals surface area (Å²) in [6.07, 6.45) is 0. The first-order valence-electron chi connectivity index (χ1n) is 9.79. The van der Waals surface area contributed by atoms with E-state index < -0.39 is 0 Å². The number of nitrogens with zero attached hydrogens (tertiary/aromatic N) is 5. The van der Waals surface area contributed by atoms with Crippen molar-refractivity contribution in [3.05, 3.63) is 54.4 Å². The molecule has 3 aromatic rings. The van der Waals surface area contributed by atoms with Gasteiger partial charge in [0, 0.05) is 42.9 Å². The van der Waals surface area contributed by atoms with Gasteiger partial charge in [-0.25, -0.2) is 9.97 Å². The van der Waals surface area contributed by atoms with Gasteiger partial charge in [0.15, 0.2) is 0 Å². The number of rotatable bonds is 5. The highest BCUT2D eigenvalue weighted by molar-refractivity contribution is 5.90. The van der Waals surface area contributed by atoms with Crippen LogP contribution in [0.3, 0.4) is 0 Å². The molecule has 6 nitrogen and oxygen atoms in total. The number of para-hydroxylation sites is 1. The fraction of sp³-hybridized carbons (Fsp3) is 0.364. The fourth-order valence-electron chi connectivity index (χ4n) is 3.53. The molecular weight excluding hydrogens is 348 g/mol. The van der Waals surface area contributed by atoms with Crippen molar-refractivity contribution in [3.8, 4) is 0 Å². The normalized spacial score (nSPS) is 15.4. The fourth-order valence-corrected chi connectivity index (χ4v) is 3.53. The van der Waals surface area contributed by atoms with E-state index in [1.54, 1.807) is 0 Å². The van der Waals surface area contributed by atoms with Gasteiger partial charge in [-0.05, 0) is 57.5 Å². The van der Waals surface area contributed by atoms with E-state index in [2.05, 4.69) is 57.4 Å². The molecule has 1 saturated heterocycles. The van der Waals surface area contributed by atoms with Crippen molar-refractivity contribution in [1.82, 2.24) is 19.8 Å². The van der Waals surface area contributed by atoms with Crippen LogP contribution in [-0.4, -0.2) is 67.1 Å². The minimum atomic E-state index is 0.710. The Morgan fingerprint density at radius 2 is 1.64 bits per heavy atom. The Bertz CT molecular complexity index is 929. The highest BCUT2D eigenvalue weighted by Crippen LogP contribution is 2.26. The van der Waals surface area contributed by atoms with Gasteiger partial charge in [-0.15, -0.1) is 0 Å². The van der Waals surface area contributed by atoms with Crippen molar-refractivity contribution in [2.75, 3.05) is 57.5 Å². The lowest BCUT2D eigenvalue weighted by molar-refractivity contribution is 0.313. The average molecular weight is 377 g/mol. The number of piperazine rings is 1. The summed E-state index contributed by atoms with van der Waals surface area (Å²) < 4.78 is 0. The zero-order valence-corrected chi connectivity index (χ0v) is 16.9. The molecule has 0 bridgehead atoms. The summed E-state index contributed by atoms with van der Waals surface area (Å²) in [5.41, 5.74) is 3.28. The van der Waals surface area contributed by atoms with Crippen molar-refractivity contribution in [3.63, 3.8) is 0 Å². The van der Waals surface area contributed by atoms with Crippen LogP contribution in [-0.2, 0) is 6.54 Å². The number of anilines is 3. The third-order valence-electron chi connectivity index (χ3n) is 5.11. The lowest BCUT2D eigenvalue weighted by Gasteiger charge is -2.34. The van der Waals surface area contributed by atoms with Crippen LogP contribution in [0.1, 0.15) is 5.82 Å². The van der Waals surface area contributed by atoms with Crippen molar-refractivity contribution in [2.24, 2.45) is 0 Å². The predicted octanol–water partition coefficient (Wildman–Crippen LogP) is 3.19. The smallest absolute Gasteiger partial charge is 0.145 e. The molecule has 2 heterocycles. The van der Waals surface area contributed by atoms with Crippen molar-refractivity contribution < 1.29 is 0 Å². The molecule has 0 amide bonds. The molecule has 6 heteroatoms. The SMILES string of the molecule is CN(C)Cc1nc(Nc2ccc(N3CCN(C)CC3)cc2)c2ccccc2n1. The summed E-state index contributed by atoms with van der Waals surface area (Å²) in [6.45, 7) is 5.09. The van der Waals surface area contributed by atoms with Gasteiger partial charge in [0.05, 0.1) is 12.1 Å². The van der Waals surface area contributed by atoms with E-state index in [-0.39, 0.29) is 0 Å². The minimum Gasteiger partial charge on any atom is -0.369 e. The summed E-state index contributed by atoms with van der Waals surface area (Å²) in [6, 6.07) is 16.8. The summed E-state index contributed by atoms with van der Waals surface area (Å²) in [5.74, 6) is 1.68. The van der Waals surface area contributed by atoms with E-state index in [0.717, 1.165) is 54.4 Å². The van der Waals surface area contributed by atoms with E-state index in [1.165, 1.54) is 5.69 Å². The molecule has 0 unspecified atom stereocenters. The quantitative estimate of drug-likeness (QED) is 0.738. The Morgan fingerprint density at radius 3 is 2.36 bits per heavy atom. The number of aromatic nitrogens is 2. The average Bonchev–Trinajstić information content (AvgIpc) is 2.69. The topological polar surface area (TPSA) is 47.5 Å². The molecule has 146 valence electrons. The van der Waals surface area contributed by atoms with Crippen LogP contribution in [0.5, 0.6) is 0 Å². The van der Waals surface area contributed by atoms with Crippen molar-refractivity contribution >= 4 is 28.1 Å². The van der Waals surface area contributed by atoms with Gasteiger partial charge < -0.3 is 20.0 Å². The Hall–Kier alpha value is -2.70. The Kier molecular flexibility index (Phi) is 5.41. The van der Waals surface area contributed by atoms with Crippen LogP contribution < -0.4 is 10.2 Å². The zero-order chi connectivity index (χ0) is 19.5. The van der Waals surface area contributed by atoms with Crippen molar-refractivity contribution in [1.29, 1.82) is 0 Å². The van der Waals surface area contributed by atoms with Gasteiger partial charge in [0.25, 0.3) is 0 Å². The number of nitrogens with one attached hydrogen (secondary N) is 1. The Morgan fingerprint density at radius 1 is 0.929 bits per heavy atom. The number of fused-ring (bicyclic) bond motifs is 1. The maximum Gasteiger partial charge on any atom is 0.145 e. The summed E-state index contributed by atoms with van der Waals surface area (Å²) in [5, 5.41) is 4.54. The number of likely N-dealkylation sites (N-methyl/N-ethyl adjacent to an activating group) is 1. The first-order valence-corrected chi connectivity index (χ1v) is 9.79. The van der Waals surface area contributed by atoms with Crippen LogP contribution in [0.2, 0.25) is 0 Å². The van der Waals surface area contributed by atoms with Gasteiger partial charge in [0.1, 0.15) is 11.6 Å². The maximum absolute atomic E-state index is 4.78. The molecule has 0 spiro atoms. The minimum absolute atomic E-state index is 0.710. The van der Waals surface area contributed by atoms with Crippen LogP contribution in [0.15, 0.2) is 48.5 Å². The van der Waals surface area contributed by atoms with E-state index in [9.17, 15) is 0 Å². The lowest BCUT2D eigenvalue weighted by Crippen LogP contribution is -2.44. The Labute approximate surface area is 166 Å². The molecule has 28 heavy (non-hydrogen) atoms. The first-order chi connectivity index (χ1) is 13.6. The first kappa shape index (κ1) is 18.7. The monoisotopic (exact) mass is 376 g/mol. The summed E-state index contributed by atoms with van der Waals surface area (Å²) in [7, 11) is 6.24. The molecule has 0 radical (unpaired) electrons. The van der Waals surface area contributed by atoms with Gasteiger partial charge in [-0.1, -0.05) is 12.1 Å². The van der Waals surface area contributed by atoms with E-state index in [4.69, 9.17) is 9.97 Å². The molecule has 1 fully saturated rings. The second-order valence-electron chi connectivity index (χ2n) is 7.71. The van der Waals surface area contributed by atoms with Gasteiger partial charge in [-0.3, -0.25) is 0 Å². The van der Waals surface area contributed by atoms with Crippen LogP contribution >= 0.6 is 0 Å². The van der Waals surface area contributed by atoms with Crippen molar-refractivity contribution in [2.45, 2.75) is 6.54 Å². The highest BCUT2D eigenvalue weighted by Gasteiger charge is 2.14. The molecule has 1 aliphatic rings. The summed E-state index contributed by atoms with van der Waals surface area (Å²) >= 11 is 0. The molecule has 1 aliphatic heterocycles. The van der Waals surface area contributed by atoms with Crippen LogP contribution in [0.25, 0.3) is 10.9 Å². The standard InChI is InChI=1S/C22H28N6/c1-26(2)16-21-24-20-7-5-4-6-19(20)22(25-21)23-17-8-10-18(11-9-17)28-14-12-27(3)13-15-28/h4-11H,12-16H2,1-3H3,(H,23,24,25).